The van der Waals surface area contributed by atoms with E-state index in [9.17, 15) is 5.11 Å². The highest BCUT2D eigenvalue weighted by Crippen LogP contribution is 2.38. The fourth-order valence-electron chi connectivity index (χ4n) is 5.23. The van der Waals surface area contributed by atoms with Crippen LogP contribution in [0, 0.1) is 0 Å². The number of piperidine rings is 1. The Kier molecular flexibility index (Phi) is 5.08. The first-order chi connectivity index (χ1) is 14.2. The molecule has 150 valence electrons. The van der Waals surface area contributed by atoms with Crippen LogP contribution in [-0.4, -0.2) is 52.1 Å². The fraction of sp³-hybridized carbons (Fsp3) is 0.400. The van der Waals surface area contributed by atoms with Crippen molar-refractivity contribution in [2.24, 2.45) is 0 Å². The van der Waals surface area contributed by atoms with Crippen molar-refractivity contribution in [3.63, 3.8) is 0 Å². The molecule has 4 heteroatoms. The number of fused-ring (bicyclic) bond motifs is 1. The van der Waals surface area contributed by atoms with Gasteiger partial charge in [-0.05, 0) is 54.9 Å². The number of hydrogen-bond donors (Lipinski definition) is 1. The van der Waals surface area contributed by atoms with Crippen LogP contribution in [0.1, 0.15) is 30.4 Å². The van der Waals surface area contributed by atoms with Crippen molar-refractivity contribution in [1.82, 2.24) is 14.8 Å². The molecule has 3 heterocycles. The van der Waals surface area contributed by atoms with E-state index in [1.807, 2.05) is 30.6 Å². The van der Waals surface area contributed by atoms with Crippen LogP contribution in [0.5, 0.6) is 0 Å². The first-order valence-electron chi connectivity index (χ1n) is 10.8. The van der Waals surface area contributed by atoms with Crippen LogP contribution >= 0.6 is 0 Å². The average Bonchev–Trinajstić information content (AvgIpc) is 3.31. The summed E-state index contributed by atoms with van der Waals surface area (Å²) in [6.45, 7) is 4.89. The van der Waals surface area contributed by atoms with Gasteiger partial charge in [0.2, 0.25) is 0 Å². The summed E-state index contributed by atoms with van der Waals surface area (Å²) in [4.78, 5) is 9.31. The zero-order valence-electron chi connectivity index (χ0n) is 16.9. The van der Waals surface area contributed by atoms with Crippen molar-refractivity contribution >= 4 is 10.8 Å². The summed E-state index contributed by atoms with van der Waals surface area (Å²) in [5.74, 6) is 0. The molecular weight excluding hydrogens is 358 g/mol. The van der Waals surface area contributed by atoms with E-state index < -0.39 is 5.60 Å². The van der Waals surface area contributed by atoms with Crippen molar-refractivity contribution in [1.29, 1.82) is 0 Å². The third kappa shape index (κ3) is 3.57. The molecule has 29 heavy (non-hydrogen) atoms. The third-order valence-electron chi connectivity index (χ3n) is 6.81. The van der Waals surface area contributed by atoms with E-state index in [0.29, 0.717) is 0 Å². The molecule has 2 atom stereocenters. The van der Waals surface area contributed by atoms with E-state index >= 15 is 0 Å². The van der Waals surface area contributed by atoms with Gasteiger partial charge < -0.3 is 5.11 Å². The lowest BCUT2D eigenvalue weighted by molar-refractivity contribution is -0.0958. The topological polar surface area (TPSA) is 39.6 Å². The molecule has 2 aromatic carbocycles. The predicted molar refractivity (Wildman–Crippen MR) is 117 cm³/mol. The highest BCUT2D eigenvalue weighted by Gasteiger charge is 2.46. The Hall–Kier alpha value is -2.27. The second-order valence-electron chi connectivity index (χ2n) is 8.55. The van der Waals surface area contributed by atoms with Crippen LogP contribution < -0.4 is 0 Å². The lowest BCUT2D eigenvalue weighted by Crippen LogP contribution is -2.60. The Labute approximate surface area is 172 Å². The van der Waals surface area contributed by atoms with Gasteiger partial charge >= 0.3 is 0 Å². The normalized spacial score (nSPS) is 26.2. The van der Waals surface area contributed by atoms with Gasteiger partial charge in [0.1, 0.15) is 5.60 Å². The molecule has 2 saturated heterocycles. The molecule has 1 N–H and O–H groups in total. The smallest absolute Gasteiger partial charge is 0.108 e. The molecule has 0 amide bonds. The van der Waals surface area contributed by atoms with Crippen molar-refractivity contribution in [3.05, 3.63) is 78.1 Å². The summed E-state index contributed by atoms with van der Waals surface area (Å²) in [6, 6.07) is 19.0. The van der Waals surface area contributed by atoms with Gasteiger partial charge in [0.05, 0.1) is 6.04 Å². The van der Waals surface area contributed by atoms with Crippen LogP contribution in [0.4, 0.5) is 0 Å². The van der Waals surface area contributed by atoms with Crippen molar-refractivity contribution < 1.29 is 5.11 Å². The molecule has 0 saturated carbocycles. The maximum atomic E-state index is 11.8. The molecule has 2 aliphatic rings. The maximum Gasteiger partial charge on any atom is 0.108 e. The highest BCUT2D eigenvalue weighted by molar-refractivity contribution is 5.84. The van der Waals surface area contributed by atoms with E-state index in [1.54, 1.807) is 0 Å². The van der Waals surface area contributed by atoms with E-state index in [0.717, 1.165) is 44.7 Å². The van der Waals surface area contributed by atoms with E-state index in [1.165, 1.54) is 29.2 Å². The van der Waals surface area contributed by atoms with Crippen molar-refractivity contribution in [2.45, 2.75) is 37.5 Å². The van der Waals surface area contributed by atoms with Gasteiger partial charge in [-0.15, -0.1) is 0 Å². The zero-order valence-corrected chi connectivity index (χ0v) is 16.9. The number of nitrogens with zero attached hydrogens (tertiary/aromatic N) is 3. The predicted octanol–water partition coefficient (Wildman–Crippen LogP) is 3.79. The lowest BCUT2D eigenvalue weighted by atomic mass is 9.79. The first kappa shape index (κ1) is 18.7. The minimum absolute atomic E-state index is 0.137. The Morgan fingerprint density at radius 1 is 0.966 bits per heavy atom. The van der Waals surface area contributed by atoms with Crippen molar-refractivity contribution in [3.8, 4) is 0 Å². The third-order valence-corrected chi connectivity index (χ3v) is 6.81. The summed E-state index contributed by atoms with van der Waals surface area (Å²) >= 11 is 0. The second kappa shape index (κ2) is 7.86. The number of hydrogen-bond acceptors (Lipinski definition) is 4. The highest BCUT2D eigenvalue weighted by atomic mass is 16.3. The molecule has 0 bridgehead atoms. The maximum absolute atomic E-state index is 11.8. The van der Waals surface area contributed by atoms with Crippen LogP contribution in [-0.2, 0) is 12.1 Å². The summed E-state index contributed by atoms with van der Waals surface area (Å²) in [5, 5.41) is 14.3. The van der Waals surface area contributed by atoms with E-state index in [4.69, 9.17) is 0 Å². The van der Waals surface area contributed by atoms with Gasteiger partial charge in [-0.2, -0.15) is 0 Å². The number of benzene rings is 2. The number of aliphatic hydroxyl groups is 1. The SMILES string of the molecule is O[C@]1(c2ccccc2)CCN(Cc2cccc3cnccc23)C[C@H]1N1CCCC1. The van der Waals surface area contributed by atoms with Gasteiger partial charge in [-0.25, -0.2) is 0 Å². The number of aromatic nitrogens is 1. The minimum Gasteiger partial charge on any atom is -0.383 e. The largest absolute Gasteiger partial charge is 0.383 e. The molecule has 5 rings (SSSR count). The lowest BCUT2D eigenvalue weighted by Gasteiger charge is -2.48. The average molecular weight is 388 g/mol. The zero-order chi connectivity index (χ0) is 19.7. The Morgan fingerprint density at radius 2 is 1.79 bits per heavy atom. The first-order valence-corrected chi connectivity index (χ1v) is 10.8. The fourth-order valence-corrected chi connectivity index (χ4v) is 5.23. The standard InChI is InChI=1S/C25H29N3O/c29-25(22-9-2-1-3-10-22)12-16-27(19-24(25)28-14-4-5-15-28)18-21-8-6-7-20-17-26-13-11-23(20)21/h1-3,6-11,13,17,24,29H,4-5,12,14-16,18-19H2/t24-,25+/m1/s1. The molecular formula is C25H29N3O. The van der Waals surface area contributed by atoms with Gasteiger partial charge in [0.15, 0.2) is 0 Å². The Balaban J connectivity index is 1.43. The Morgan fingerprint density at radius 3 is 2.62 bits per heavy atom. The van der Waals surface area contributed by atoms with Gasteiger partial charge in [0, 0.05) is 37.4 Å². The molecule has 0 radical (unpaired) electrons. The van der Waals surface area contributed by atoms with Crippen molar-refractivity contribution in [2.75, 3.05) is 26.2 Å². The molecule has 2 fully saturated rings. The van der Waals surface area contributed by atoms with Crippen LogP contribution in [0.25, 0.3) is 10.8 Å². The monoisotopic (exact) mass is 387 g/mol. The van der Waals surface area contributed by atoms with Gasteiger partial charge in [-0.3, -0.25) is 14.8 Å². The Bertz CT molecular complexity index is 965. The molecule has 2 aliphatic heterocycles. The quantitative estimate of drug-likeness (QED) is 0.739. The molecule has 3 aromatic rings. The van der Waals surface area contributed by atoms with Crippen LogP contribution in [0.3, 0.4) is 0 Å². The van der Waals surface area contributed by atoms with Crippen LogP contribution in [0.2, 0.25) is 0 Å². The number of rotatable bonds is 4. The summed E-state index contributed by atoms with van der Waals surface area (Å²) in [5.41, 5.74) is 1.63. The molecule has 0 unspecified atom stereocenters. The van der Waals surface area contributed by atoms with Gasteiger partial charge in [0.25, 0.3) is 0 Å². The molecule has 1 aromatic heterocycles. The van der Waals surface area contributed by atoms with E-state index in [2.05, 4.69) is 51.2 Å². The molecule has 0 spiro atoms. The summed E-state index contributed by atoms with van der Waals surface area (Å²) in [7, 11) is 0. The van der Waals surface area contributed by atoms with Gasteiger partial charge in [-0.1, -0.05) is 48.5 Å². The summed E-state index contributed by atoms with van der Waals surface area (Å²) in [6.07, 6.45) is 7.05. The van der Waals surface area contributed by atoms with E-state index in [-0.39, 0.29) is 6.04 Å². The molecule has 4 nitrogen and oxygen atoms in total. The van der Waals surface area contributed by atoms with Crippen LogP contribution in [0.15, 0.2) is 67.0 Å². The minimum atomic E-state index is -0.773. The number of likely N-dealkylation sites (tertiary alicyclic amines) is 2. The second-order valence-corrected chi connectivity index (χ2v) is 8.55. The molecule has 0 aliphatic carbocycles. The number of pyridine rings is 1. The summed E-state index contributed by atoms with van der Waals surface area (Å²) < 4.78 is 0.